The van der Waals surface area contributed by atoms with Gasteiger partial charge in [-0.25, -0.2) is 9.13 Å². The second-order valence-electron chi connectivity index (χ2n) is 6.08. The Bertz CT molecular complexity index is 711. The number of phosphoric acid groups is 2. The molecule has 1 aromatic carbocycles. The van der Waals surface area contributed by atoms with E-state index in [1.54, 1.807) is 6.92 Å². The molecular formula is C17H26O8P2. The van der Waals surface area contributed by atoms with E-state index < -0.39 is 15.6 Å². The SMILES string of the molecule is CC(=CCCC(C)COCc1ccccc1)/C=C/OP(=O)(O)OP(=O)(O)O. The second-order valence-corrected chi connectivity index (χ2v) is 8.86. The second kappa shape index (κ2) is 11.6. The number of hydrogen-bond acceptors (Lipinski definition) is 5. The van der Waals surface area contributed by atoms with E-state index >= 15 is 0 Å². The first-order chi connectivity index (χ1) is 12.6. The van der Waals surface area contributed by atoms with Gasteiger partial charge in [0.1, 0.15) is 0 Å². The number of phosphoric ester groups is 1. The van der Waals surface area contributed by atoms with E-state index in [2.05, 4.69) is 15.8 Å². The van der Waals surface area contributed by atoms with Crippen molar-refractivity contribution in [3.8, 4) is 0 Å². The number of rotatable bonds is 12. The smallest absolute Gasteiger partial charge is 0.412 e. The van der Waals surface area contributed by atoms with Crippen LogP contribution < -0.4 is 0 Å². The van der Waals surface area contributed by atoms with Crippen LogP contribution in [0.25, 0.3) is 0 Å². The molecule has 1 aromatic rings. The van der Waals surface area contributed by atoms with Crippen LogP contribution in [-0.2, 0) is 29.3 Å². The van der Waals surface area contributed by atoms with Crippen molar-refractivity contribution in [2.75, 3.05) is 6.61 Å². The number of allylic oxidation sites excluding steroid dienone is 3. The van der Waals surface area contributed by atoms with Gasteiger partial charge in [0, 0.05) is 6.61 Å². The van der Waals surface area contributed by atoms with Gasteiger partial charge in [-0.1, -0.05) is 48.9 Å². The molecule has 3 N–H and O–H groups in total. The van der Waals surface area contributed by atoms with Crippen molar-refractivity contribution in [3.05, 3.63) is 59.9 Å². The maximum absolute atomic E-state index is 11.3. The predicted molar refractivity (Wildman–Crippen MR) is 101 cm³/mol. The summed E-state index contributed by atoms with van der Waals surface area (Å²) < 4.78 is 35.5. The highest BCUT2D eigenvalue weighted by Gasteiger charge is 2.32. The molecule has 0 radical (unpaired) electrons. The third-order valence-corrected chi connectivity index (χ3v) is 5.44. The van der Waals surface area contributed by atoms with Gasteiger partial charge in [-0.3, -0.25) is 4.89 Å². The highest BCUT2D eigenvalue weighted by Crippen LogP contribution is 2.57. The molecule has 2 atom stereocenters. The average Bonchev–Trinajstić information content (AvgIpc) is 2.53. The lowest BCUT2D eigenvalue weighted by atomic mass is 10.1. The van der Waals surface area contributed by atoms with Gasteiger partial charge in [-0.15, -0.1) is 0 Å². The Morgan fingerprint density at radius 2 is 1.85 bits per heavy atom. The fourth-order valence-corrected chi connectivity index (χ4v) is 3.51. The van der Waals surface area contributed by atoms with Crippen molar-refractivity contribution in [2.45, 2.75) is 33.3 Å². The van der Waals surface area contributed by atoms with Gasteiger partial charge in [0.05, 0.1) is 12.9 Å². The molecule has 152 valence electrons. The molecule has 1 rings (SSSR count). The van der Waals surface area contributed by atoms with Crippen LogP contribution in [0.15, 0.2) is 54.3 Å². The zero-order valence-electron chi connectivity index (χ0n) is 15.3. The highest BCUT2D eigenvalue weighted by molar-refractivity contribution is 7.60. The summed E-state index contributed by atoms with van der Waals surface area (Å²) in [7, 11) is -9.95. The third-order valence-electron chi connectivity index (χ3n) is 3.37. The molecule has 0 saturated carbocycles. The van der Waals surface area contributed by atoms with Gasteiger partial charge in [-0.05, 0) is 37.3 Å². The first-order valence-corrected chi connectivity index (χ1v) is 11.3. The molecule has 2 unspecified atom stereocenters. The Morgan fingerprint density at radius 1 is 1.19 bits per heavy atom. The summed E-state index contributed by atoms with van der Waals surface area (Å²) in [5.41, 5.74) is 1.90. The fourth-order valence-electron chi connectivity index (χ4n) is 2.07. The topological polar surface area (TPSA) is 123 Å². The molecule has 0 bridgehead atoms. The van der Waals surface area contributed by atoms with E-state index in [0.29, 0.717) is 19.1 Å². The molecule has 0 amide bonds. The van der Waals surface area contributed by atoms with Gasteiger partial charge < -0.3 is 19.0 Å². The number of benzene rings is 1. The molecule has 0 aliphatic heterocycles. The minimum atomic E-state index is -5.11. The lowest BCUT2D eigenvalue weighted by Gasteiger charge is -2.11. The van der Waals surface area contributed by atoms with Gasteiger partial charge in [0.15, 0.2) is 0 Å². The Hall–Kier alpha value is -1.24. The van der Waals surface area contributed by atoms with E-state index in [-0.39, 0.29) is 0 Å². The van der Waals surface area contributed by atoms with Gasteiger partial charge in [0.2, 0.25) is 0 Å². The van der Waals surface area contributed by atoms with Crippen molar-refractivity contribution in [1.82, 2.24) is 0 Å². The molecule has 0 aliphatic rings. The Balaban J connectivity index is 2.27. The number of ether oxygens (including phenoxy) is 1. The molecule has 0 fully saturated rings. The fraction of sp³-hybridized carbons (Fsp3) is 0.412. The van der Waals surface area contributed by atoms with Gasteiger partial charge in [0.25, 0.3) is 0 Å². The van der Waals surface area contributed by atoms with Crippen LogP contribution in [0.4, 0.5) is 0 Å². The van der Waals surface area contributed by atoms with Crippen molar-refractivity contribution in [3.63, 3.8) is 0 Å². The predicted octanol–water partition coefficient (Wildman–Crippen LogP) is 4.31. The molecule has 8 nitrogen and oxygen atoms in total. The van der Waals surface area contributed by atoms with Crippen molar-refractivity contribution in [1.29, 1.82) is 0 Å². The Morgan fingerprint density at radius 3 is 2.48 bits per heavy atom. The molecule has 0 saturated heterocycles. The van der Waals surface area contributed by atoms with Crippen molar-refractivity contribution in [2.24, 2.45) is 5.92 Å². The normalized spacial score (nSPS) is 16.3. The molecule has 0 heterocycles. The van der Waals surface area contributed by atoms with E-state index in [1.165, 1.54) is 6.08 Å². The molecule has 10 heteroatoms. The van der Waals surface area contributed by atoms with Crippen LogP contribution in [0.5, 0.6) is 0 Å². The van der Waals surface area contributed by atoms with E-state index in [0.717, 1.165) is 30.2 Å². The molecule has 0 aliphatic carbocycles. The summed E-state index contributed by atoms with van der Waals surface area (Å²) in [5, 5.41) is 0. The Labute approximate surface area is 159 Å². The monoisotopic (exact) mass is 420 g/mol. The minimum absolute atomic E-state index is 0.368. The average molecular weight is 420 g/mol. The lowest BCUT2D eigenvalue weighted by molar-refractivity contribution is 0.0898. The summed E-state index contributed by atoms with van der Waals surface area (Å²) in [5.74, 6) is 0.368. The lowest BCUT2D eigenvalue weighted by Crippen LogP contribution is -2.05. The maximum atomic E-state index is 11.3. The van der Waals surface area contributed by atoms with Crippen LogP contribution >= 0.6 is 15.6 Å². The summed E-state index contributed by atoms with van der Waals surface area (Å²) in [6.07, 6.45) is 5.87. The van der Waals surface area contributed by atoms with E-state index in [4.69, 9.17) is 19.4 Å². The van der Waals surface area contributed by atoms with E-state index in [1.807, 2.05) is 36.4 Å². The van der Waals surface area contributed by atoms with E-state index in [9.17, 15) is 9.13 Å². The first-order valence-electron chi connectivity index (χ1n) is 8.30. The number of hydrogen-bond donors (Lipinski definition) is 3. The molecule has 27 heavy (non-hydrogen) atoms. The standard InChI is InChI=1S/C17H26O8P2/c1-15(11-12-24-27(21,22)25-26(18,19)20)7-6-8-16(2)13-23-14-17-9-4-3-5-10-17/h3-5,7,9-12,16H,6,8,13-14H2,1-2H3,(H,21,22)(H2,18,19,20)/b12-11+,15-7?. The van der Waals surface area contributed by atoms with Crippen LogP contribution in [0.1, 0.15) is 32.3 Å². The summed E-state index contributed by atoms with van der Waals surface area (Å²) in [4.78, 5) is 26.1. The highest BCUT2D eigenvalue weighted by atomic mass is 31.3. The summed E-state index contributed by atoms with van der Waals surface area (Å²) >= 11 is 0. The largest absolute Gasteiger partial charge is 0.535 e. The quantitative estimate of drug-likeness (QED) is 0.260. The molecular weight excluding hydrogens is 394 g/mol. The van der Waals surface area contributed by atoms with Gasteiger partial charge >= 0.3 is 15.6 Å². The maximum Gasteiger partial charge on any atom is 0.535 e. The summed E-state index contributed by atoms with van der Waals surface area (Å²) in [6, 6.07) is 9.94. The zero-order valence-corrected chi connectivity index (χ0v) is 17.1. The van der Waals surface area contributed by atoms with Crippen LogP contribution in [-0.4, -0.2) is 21.3 Å². The van der Waals surface area contributed by atoms with Crippen LogP contribution in [0.2, 0.25) is 0 Å². The van der Waals surface area contributed by atoms with Crippen LogP contribution in [0, 0.1) is 5.92 Å². The van der Waals surface area contributed by atoms with Crippen LogP contribution in [0.3, 0.4) is 0 Å². The third kappa shape index (κ3) is 12.7. The summed E-state index contributed by atoms with van der Waals surface area (Å²) in [6.45, 7) is 5.09. The van der Waals surface area contributed by atoms with Gasteiger partial charge in [-0.2, -0.15) is 4.31 Å². The zero-order chi connectivity index (χ0) is 20.3. The van der Waals surface area contributed by atoms with Crippen molar-refractivity contribution < 1.29 is 37.4 Å². The first kappa shape index (κ1) is 23.8. The molecule has 0 aromatic heterocycles. The Kier molecular flexibility index (Phi) is 10.2. The van der Waals surface area contributed by atoms with Crippen molar-refractivity contribution >= 4 is 15.6 Å². The molecule has 0 spiro atoms. The minimum Gasteiger partial charge on any atom is -0.412 e.